The highest BCUT2D eigenvalue weighted by atomic mass is 35.5. The van der Waals surface area contributed by atoms with Crippen molar-refractivity contribution >= 4 is 50.9 Å². The number of carbonyl (C=O) groups is 1. The molecule has 6 rings (SSSR count). The van der Waals surface area contributed by atoms with Crippen molar-refractivity contribution in [3.8, 4) is 0 Å². The lowest BCUT2D eigenvalue weighted by atomic mass is 9.95. The number of fused-ring (bicyclic) bond motifs is 4. The molecule has 3 heterocycles. The van der Waals surface area contributed by atoms with E-state index in [1.54, 1.807) is 6.92 Å². The highest BCUT2D eigenvalue weighted by Crippen LogP contribution is 2.45. The van der Waals surface area contributed by atoms with Crippen molar-refractivity contribution in [2.75, 3.05) is 5.32 Å². The van der Waals surface area contributed by atoms with E-state index < -0.39 is 53.0 Å². The van der Waals surface area contributed by atoms with Gasteiger partial charge in [-0.15, -0.1) is 0 Å². The van der Waals surface area contributed by atoms with E-state index in [-0.39, 0.29) is 56.2 Å². The number of hydrogen-bond acceptors (Lipinski definition) is 5. The Morgan fingerprint density at radius 3 is 2.53 bits per heavy atom. The molecule has 8 nitrogen and oxygen atoms in total. The van der Waals surface area contributed by atoms with Crippen LogP contribution in [0.2, 0.25) is 5.02 Å². The number of benzene rings is 3. The number of aromatic nitrogens is 4. The first-order chi connectivity index (χ1) is 20.3. The summed E-state index contributed by atoms with van der Waals surface area (Å²) in [6.45, 7) is -1.61. The van der Waals surface area contributed by atoms with Crippen LogP contribution >= 0.6 is 11.6 Å². The minimum atomic E-state index is -4.96. The molecule has 43 heavy (non-hydrogen) atoms. The third-order valence-electron chi connectivity index (χ3n) is 7.17. The molecule has 16 heteroatoms. The highest BCUT2D eigenvalue weighted by molar-refractivity contribution is 6.31. The quantitative estimate of drug-likeness (QED) is 0.187. The lowest BCUT2D eigenvalue weighted by molar-refractivity contribution is -0.136. The van der Waals surface area contributed by atoms with Crippen molar-refractivity contribution in [2.45, 2.75) is 32.2 Å². The molecule has 0 spiro atoms. The molecular formula is C27H17ClF7N7O. The Morgan fingerprint density at radius 2 is 1.86 bits per heavy atom. The summed E-state index contributed by atoms with van der Waals surface area (Å²) in [4.78, 5) is 21.1. The molecule has 1 amide bonds. The largest absolute Gasteiger partial charge is 0.418 e. The maximum Gasteiger partial charge on any atom is 0.418 e. The molecule has 5 aromatic rings. The van der Waals surface area contributed by atoms with Gasteiger partial charge in [0.1, 0.15) is 23.8 Å². The van der Waals surface area contributed by atoms with Gasteiger partial charge in [-0.3, -0.25) is 14.8 Å². The fourth-order valence-corrected chi connectivity index (χ4v) is 5.66. The minimum absolute atomic E-state index is 0.00992. The summed E-state index contributed by atoms with van der Waals surface area (Å²) in [7, 11) is 0. The van der Waals surface area contributed by atoms with Crippen LogP contribution in [0.3, 0.4) is 0 Å². The lowest BCUT2D eigenvalue weighted by Crippen LogP contribution is -2.25. The van der Waals surface area contributed by atoms with Gasteiger partial charge in [0.2, 0.25) is 5.62 Å². The van der Waals surface area contributed by atoms with Gasteiger partial charge >= 0.3 is 12.7 Å². The Labute approximate surface area is 241 Å². The number of imidazole rings is 1. The molecule has 1 aliphatic rings. The molecule has 222 valence electrons. The molecule has 0 fully saturated rings. The van der Waals surface area contributed by atoms with Gasteiger partial charge in [0.05, 0.1) is 33.7 Å². The standard InChI is InChI=1S/C27H17ClF7N7O/c1-2-41-17-8-16(39-23-13-6-11(30)7-14(27(33,34)35)20(13)37-9-38-23)18-19(22(17)42(25(31)32)26(41)36)24(43)40-21(18)12-5-10(29)3-4-15(12)28/h3-9,21,25,36H,2H2,1H3,(H,40,43)(H,37,38,39). The van der Waals surface area contributed by atoms with Crippen LogP contribution in [-0.2, 0) is 12.7 Å². The topological polar surface area (TPSA) is 101 Å². The molecule has 0 saturated heterocycles. The van der Waals surface area contributed by atoms with Crippen molar-refractivity contribution in [3.63, 3.8) is 0 Å². The van der Waals surface area contributed by atoms with Gasteiger partial charge in [-0.25, -0.2) is 18.7 Å². The normalized spacial score (nSPS) is 15.0. The maximum absolute atomic E-state index is 14.4. The first-order valence-corrected chi connectivity index (χ1v) is 12.9. The maximum atomic E-state index is 14.4. The van der Waals surface area contributed by atoms with E-state index >= 15 is 0 Å². The fourth-order valence-electron chi connectivity index (χ4n) is 5.44. The molecule has 0 bridgehead atoms. The number of alkyl halides is 5. The predicted octanol–water partition coefficient (Wildman–Crippen LogP) is 6.81. The second-order valence-electron chi connectivity index (χ2n) is 9.56. The summed E-state index contributed by atoms with van der Waals surface area (Å²) in [6, 6.07) is 4.51. The Morgan fingerprint density at radius 1 is 1.12 bits per heavy atom. The first kappa shape index (κ1) is 28.5. The monoisotopic (exact) mass is 623 g/mol. The zero-order chi connectivity index (χ0) is 31.0. The zero-order valence-electron chi connectivity index (χ0n) is 21.6. The molecule has 0 aliphatic carbocycles. The van der Waals surface area contributed by atoms with Gasteiger partial charge in [0.25, 0.3) is 5.91 Å². The van der Waals surface area contributed by atoms with Crippen LogP contribution in [-0.4, -0.2) is 25.0 Å². The number of nitrogens with zero attached hydrogens (tertiary/aromatic N) is 4. The van der Waals surface area contributed by atoms with E-state index in [0.717, 1.165) is 24.5 Å². The Hall–Kier alpha value is -4.66. The van der Waals surface area contributed by atoms with Gasteiger partial charge < -0.3 is 15.2 Å². The number of halogens is 8. The van der Waals surface area contributed by atoms with Crippen LogP contribution in [0.15, 0.2) is 42.7 Å². The number of carbonyl (C=O) groups excluding carboxylic acids is 1. The third kappa shape index (κ3) is 4.45. The summed E-state index contributed by atoms with van der Waals surface area (Å²) in [5.74, 6) is -3.10. The van der Waals surface area contributed by atoms with Gasteiger partial charge in [0.15, 0.2) is 0 Å². The summed E-state index contributed by atoms with van der Waals surface area (Å²) in [5.41, 5.74) is -3.19. The molecule has 0 saturated carbocycles. The molecule has 1 atom stereocenters. The van der Waals surface area contributed by atoms with E-state index in [1.165, 1.54) is 16.7 Å². The summed E-state index contributed by atoms with van der Waals surface area (Å²) < 4.78 is 100. The van der Waals surface area contributed by atoms with Crippen LogP contribution in [0.1, 0.15) is 46.6 Å². The molecule has 1 unspecified atom stereocenters. The van der Waals surface area contributed by atoms with E-state index in [1.807, 2.05) is 0 Å². The first-order valence-electron chi connectivity index (χ1n) is 12.5. The van der Waals surface area contributed by atoms with E-state index in [2.05, 4.69) is 20.6 Å². The summed E-state index contributed by atoms with van der Waals surface area (Å²) in [6.07, 6.45) is -4.14. The lowest BCUT2D eigenvalue weighted by Gasteiger charge is -2.20. The van der Waals surface area contributed by atoms with Gasteiger partial charge in [-0.2, -0.15) is 22.0 Å². The van der Waals surface area contributed by atoms with Crippen LogP contribution in [0.5, 0.6) is 0 Å². The average molecular weight is 624 g/mol. The molecule has 1 aliphatic heterocycles. The zero-order valence-corrected chi connectivity index (χ0v) is 22.4. The van der Waals surface area contributed by atoms with E-state index in [0.29, 0.717) is 10.6 Å². The van der Waals surface area contributed by atoms with Gasteiger partial charge in [-0.1, -0.05) is 11.6 Å². The highest BCUT2D eigenvalue weighted by Gasteiger charge is 2.39. The SMILES string of the molecule is CCn1c(=N)n(C(F)F)c2c3c(c(Nc4ncnc5c(C(F)(F)F)cc(F)cc45)cc21)C(c1cc(F)ccc1Cl)NC3=O. The van der Waals surface area contributed by atoms with Crippen molar-refractivity contribution in [1.82, 2.24) is 24.4 Å². The van der Waals surface area contributed by atoms with Crippen molar-refractivity contribution < 1.29 is 35.5 Å². The van der Waals surface area contributed by atoms with E-state index in [4.69, 9.17) is 17.0 Å². The molecule has 0 radical (unpaired) electrons. The summed E-state index contributed by atoms with van der Waals surface area (Å²) >= 11 is 6.34. The van der Waals surface area contributed by atoms with Crippen molar-refractivity contribution in [1.29, 1.82) is 5.41 Å². The number of amides is 1. The molecule has 3 N–H and O–H groups in total. The summed E-state index contributed by atoms with van der Waals surface area (Å²) in [5, 5.41) is 13.5. The van der Waals surface area contributed by atoms with Crippen LogP contribution in [0.25, 0.3) is 21.9 Å². The second-order valence-corrected chi connectivity index (χ2v) is 9.97. The molecule has 3 aromatic carbocycles. The minimum Gasteiger partial charge on any atom is -0.341 e. The molecule has 2 aromatic heterocycles. The van der Waals surface area contributed by atoms with Crippen LogP contribution in [0, 0.1) is 17.0 Å². The number of anilines is 2. The van der Waals surface area contributed by atoms with Crippen LogP contribution < -0.4 is 16.3 Å². The van der Waals surface area contributed by atoms with Crippen molar-refractivity contribution in [2.24, 2.45) is 0 Å². The van der Waals surface area contributed by atoms with Crippen molar-refractivity contribution in [3.05, 3.63) is 87.3 Å². The number of nitrogens with one attached hydrogen (secondary N) is 3. The Kier molecular flexibility index (Phi) is 6.60. The Bertz CT molecular complexity index is 2040. The third-order valence-corrected chi connectivity index (χ3v) is 7.51. The number of aryl methyl sites for hydroxylation is 1. The Balaban J connectivity index is 1.69. The predicted molar refractivity (Wildman–Crippen MR) is 141 cm³/mol. The van der Waals surface area contributed by atoms with Gasteiger partial charge in [0, 0.05) is 33.8 Å². The van der Waals surface area contributed by atoms with Crippen LogP contribution in [0.4, 0.5) is 42.2 Å². The number of rotatable bonds is 5. The number of hydrogen-bond donors (Lipinski definition) is 3. The smallest absolute Gasteiger partial charge is 0.341 e. The molecular weight excluding hydrogens is 607 g/mol. The second kappa shape index (κ2) is 9.97. The average Bonchev–Trinajstić information content (AvgIpc) is 3.42. The van der Waals surface area contributed by atoms with E-state index in [9.17, 15) is 35.5 Å². The van der Waals surface area contributed by atoms with Gasteiger partial charge in [-0.05, 0) is 43.3 Å². The fraction of sp³-hybridized carbons (Fsp3) is 0.185.